The van der Waals surface area contributed by atoms with Crippen molar-refractivity contribution in [2.75, 3.05) is 6.54 Å². The van der Waals surface area contributed by atoms with Crippen molar-refractivity contribution in [1.29, 1.82) is 0 Å². The lowest BCUT2D eigenvalue weighted by Crippen LogP contribution is -2.25. The lowest BCUT2D eigenvalue weighted by atomic mass is 10.0. The largest absolute Gasteiger partial charge is 0.352 e. The molecule has 0 radical (unpaired) electrons. The van der Waals surface area contributed by atoms with Gasteiger partial charge in [-0.05, 0) is 56.4 Å². The molecule has 6 heteroatoms. The fourth-order valence-corrected chi connectivity index (χ4v) is 5.27. The summed E-state index contributed by atoms with van der Waals surface area (Å²) in [5, 5.41) is 5.16. The van der Waals surface area contributed by atoms with E-state index in [9.17, 15) is 4.79 Å². The van der Waals surface area contributed by atoms with Gasteiger partial charge in [-0.15, -0.1) is 11.3 Å². The van der Waals surface area contributed by atoms with Crippen LogP contribution in [0.2, 0.25) is 0 Å². The molecule has 31 heavy (non-hydrogen) atoms. The third-order valence-electron chi connectivity index (χ3n) is 5.66. The smallest absolute Gasteiger partial charge is 0.252 e. The van der Waals surface area contributed by atoms with Crippen LogP contribution in [0.5, 0.6) is 0 Å². The van der Waals surface area contributed by atoms with Gasteiger partial charge in [0.2, 0.25) is 0 Å². The number of carbonyl (C=O) groups excluding carboxylic acids is 1. The van der Waals surface area contributed by atoms with Crippen molar-refractivity contribution in [3.05, 3.63) is 76.0 Å². The number of aryl methyl sites for hydroxylation is 3. The van der Waals surface area contributed by atoms with E-state index >= 15 is 0 Å². The van der Waals surface area contributed by atoms with Gasteiger partial charge in [0, 0.05) is 41.2 Å². The van der Waals surface area contributed by atoms with E-state index in [2.05, 4.69) is 10.3 Å². The van der Waals surface area contributed by atoms with Crippen molar-refractivity contribution in [3.63, 3.8) is 0 Å². The predicted octanol–water partition coefficient (Wildman–Crippen LogP) is 4.99. The molecule has 0 bridgehead atoms. The van der Waals surface area contributed by atoms with Crippen LogP contribution in [-0.2, 0) is 19.3 Å². The van der Waals surface area contributed by atoms with Crippen LogP contribution in [0.3, 0.4) is 0 Å². The Hall–Kier alpha value is -3.12. The highest BCUT2D eigenvalue weighted by Gasteiger charge is 2.16. The molecule has 5 nitrogen and oxygen atoms in total. The highest BCUT2D eigenvalue weighted by Crippen LogP contribution is 2.27. The second kappa shape index (κ2) is 8.94. The van der Waals surface area contributed by atoms with E-state index in [4.69, 9.17) is 9.97 Å². The number of thiazole rings is 1. The van der Waals surface area contributed by atoms with Gasteiger partial charge in [-0.2, -0.15) is 0 Å². The minimum Gasteiger partial charge on any atom is -0.352 e. The molecule has 156 valence electrons. The van der Waals surface area contributed by atoms with E-state index in [1.807, 2.05) is 53.8 Å². The van der Waals surface area contributed by atoms with Crippen LogP contribution in [0.25, 0.3) is 22.2 Å². The first kappa shape index (κ1) is 19.8. The number of rotatable bonds is 6. The van der Waals surface area contributed by atoms with Crippen molar-refractivity contribution in [1.82, 2.24) is 20.3 Å². The second-order valence-corrected chi connectivity index (χ2v) is 9.03. The summed E-state index contributed by atoms with van der Waals surface area (Å²) in [4.78, 5) is 28.2. The Labute approximate surface area is 185 Å². The Morgan fingerprint density at radius 2 is 1.97 bits per heavy atom. The summed E-state index contributed by atoms with van der Waals surface area (Å²) in [6, 6.07) is 13.5. The molecule has 0 atom stereocenters. The maximum Gasteiger partial charge on any atom is 0.252 e. The van der Waals surface area contributed by atoms with E-state index in [1.54, 1.807) is 12.4 Å². The molecule has 1 amide bonds. The molecular formula is C25H24N4OS. The molecule has 0 aliphatic heterocycles. The van der Waals surface area contributed by atoms with E-state index in [-0.39, 0.29) is 5.91 Å². The highest BCUT2D eigenvalue weighted by atomic mass is 32.1. The number of nitrogens with zero attached hydrogens (tertiary/aromatic N) is 3. The quantitative estimate of drug-likeness (QED) is 0.439. The maximum atomic E-state index is 13.0. The predicted molar refractivity (Wildman–Crippen MR) is 124 cm³/mol. The lowest BCUT2D eigenvalue weighted by molar-refractivity contribution is 0.0955. The Kier molecular flexibility index (Phi) is 5.71. The Bertz CT molecular complexity index is 1200. The van der Waals surface area contributed by atoms with Gasteiger partial charge < -0.3 is 5.32 Å². The standard InChI is InChI=1S/C25H24N4OS/c30-25(27-14-6-12-24-29-21-10-3-4-11-23(21)31-24)19-15-22(17-7-5-13-26-16-17)28-20-9-2-1-8-18(19)20/h1-2,5,7-9,13,15-16H,3-4,6,10-12,14H2,(H,27,30). The van der Waals surface area contributed by atoms with Crippen LogP contribution in [0.4, 0.5) is 0 Å². The van der Waals surface area contributed by atoms with Crippen molar-refractivity contribution < 1.29 is 4.79 Å². The van der Waals surface area contributed by atoms with Crippen LogP contribution < -0.4 is 5.32 Å². The van der Waals surface area contributed by atoms with Gasteiger partial charge in [-0.3, -0.25) is 9.78 Å². The van der Waals surface area contributed by atoms with Crippen LogP contribution >= 0.6 is 11.3 Å². The van der Waals surface area contributed by atoms with Gasteiger partial charge >= 0.3 is 0 Å². The number of fused-ring (bicyclic) bond motifs is 2. The SMILES string of the molecule is O=C(NCCCc1nc2c(s1)CCCC2)c1cc(-c2cccnc2)nc2ccccc12. The number of aromatic nitrogens is 3. The Morgan fingerprint density at radius 3 is 2.84 bits per heavy atom. The minimum atomic E-state index is -0.0674. The van der Waals surface area contributed by atoms with E-state index in [1.165, 1.54) is 34.8 Å². The second-order valence-electron chi connectivity index (χ2n) is 7.86. The molecule has 0 unspecified atom stereocenters. The molecule has 0 saturated heterocycles. The van der Waals surface area contributed by atoms with Gasteiger partial charge in [0.25, 0.3) is 5.91 Å². The average Bonchev–Trinajstić information content (AvgIpc) is 3.24. The first-order chi connectivity index (χ1) is 15.3. The molecule has 3 heterocycles. The molecule has 1 aliphatic carbocycles. The fourth-order valence-electron chi connectivity index (χ4n) is 4.07. The van der Waals surface area contributed by atoms with E-state index in [0.29, 0.717) is 12.1 Å². The third-order valence-corrected chi connectivity index (χ3v) is 6.88. The van der Waals surface area contributed by atoms with Crippen LogP contribution in [0.1, 0.15) is 45.2 Å². The van der Waals surface area contributed by atoms with Gasteiger partial charge in [0.15, 0.2) is 0 Å². The number of hydrogen-bond acceptors (Lipinski definition) is 5. The summed E-state index contributed by atoms with van der Waals surface area (Å²) in [5.41, 5.74) is 4.42. The van der Waals surface area contributed by atoms with Gasteiger partial charge in [-0.1, -0.05) is 18.2 Å². The Balaban J connectivity index is 1.29. The van der Waals surface area contributed by atoms with Gasteiger partial charge in [0.1, 0.15) is 0 Å². The summed E-state index contributed by atoms with van der Waals surface area (Å²) in [7, 11) is 0. The minimum absolute atomic E-state index is 0.0674. The summed E-state index contributed by atoms with van der Waals surface area (Å²) < 4.78 is 0. The van der Waals surface area contributed by atoms with E-state index < -0.39 is 0 Å². The lowest BCUT2D eigenvalue weighted by Gasteiger charge is -2.10. The van der Waals surface area contributed by atoms with Gasteiger partial charge in [-0.25, -0.2) is 9.97 Å². The van der Waals surface area contributed by atoms with Crippen molar-refractivity contribution in [3.8, 4) is 11.3 Å². The third kappa shape index (κ3) is 4.35. The normalized spacial score (nSPS) is 13.2. The zero-order chi connectivity index (χ0) is 21.0. The molecule has 1 aromatic carbocycles. The number of para-hydroxylation sites is 1. The summed E-state index contributed by atoms with van der Waals surface area (Å²) >= 11 is 1.85. The van der Waals surface area contributed by atoms with Crippen molar-refractivity contribution in [2.24, 2.45) is 0 Å². The average molecular weight is 429 g/mol. The maximum absolute atomic E-state index is 13.0. The molecule has 0 spiro atoms. The van der Waals surface area contributed by atoms with Crippen LogP contribution in [0, 0.1) is 0 Å². The molecule has 3 aromatic heterocycles. The Morgan fingerprint density at radius 1 is 1.06 bits per heavy atom. The summed E-state index contributed by atoms with van der Waals surface area (Å²) in [6.45, 7) is 0.627. The van der Waals surface area contributed by atoms with Crippen LogP contribution in [-0.4, -0.2) is 27.4 Å². The molecule has 1 aliphatic rings. The zero-order valence-corrected chi connectivity index (χ0v) is 18.1. The molecule has 0 saturated carbocycles. The molecule has 5 rings (SSSR count). The first-order valence-corrected chi connectivity index (χ1v) is 11.7. The molecule has 4 aromatic rings. The van der Waals surface area contributed by atoms with Crippen molar-refractivity contribution in [2.45, 2.75) is 38.5 Å². The fraction of sp³-hybridized carbons (Fsp3) is 0.280. The monoisotopic (exact) mass is 428 g/mol. The van der Waals surface area contributed by atoms with Crippen LogP contribution in [0.15, 0.2) is 54.9 Å². The number of amides is 1. The summed E-state index contributed by atoms with van der Waals surface area (Å²) in [5.74, 6) is -0.0674. The molecular weight excluding hydrogens is 404 g/mol. The number of nitrogens with one attached hydrogen (secondary N) is 1. The van der Waals surface area contributed by atoms with E-state index in [0.717, 1.165) is 41.4 Å². The number of carbonyl (C=O) groups is 1. The highest BCUT2D eigenvalue weighted by molar-refractivity contribution is 7.11. The molecule has 0 fully saturated rings. The van der Waals surface area contributed by atoms with Crippen molar-refractivity contribution >= 4 is 28.1 Å². The zero-order valence-electron chi connectivity index (χ0n) is 17.3. The van der Waals surface area contributed by atoms with Gasteiger partial charge in [0.05, 0.1) is 27.5 Å². The summed E-state index contributed by atoms with van der Waals surface area (Å²) in [6.07, 6.45) is 10.1. The number of hydrogen-bond donors (Lipinski definition) is 1. The first-order valence-electron chi connectivity index (χ1n) is 10.8. The topological polar surface area (TPSA) is 67.8 Å². The molecule has 1 N–H and O–H groups in total. The number of pyridine rings is 2. The number of benzene rings is 1.